The number of hydrogen-bond acceptors (Lipinski definition) is 0. The molecule has 0 amide bonds. The molecule has 0 fully saturated rings. The molecule has 1 rings (SSSR count). The highest BCUT2D eigenvalue weighted by atomic mass is 14.2. The summed E-state index contributed by atoms with van der Waals surface area (Å²) >= 11 is 0. The molecule has 0 saturated carbocycles. The van der Waals surface area contributed by atoms with Crippen LogP contribution in [0.25, 0.3) is 0 Å². The minimum Gasteiger partial charge on any atom is -0.0958 e. The van der Waals surface area contributed by atoms with E-state index in [4.69, 9.17) is 0 Å². The topological polar surface area (TPSA) is 0 Å². The molecular formula is C15H22. The van der Waals surface area contributed by atoms with E-state index in [1.165, 1.54) is 17.6 Å². The van der Waals surface area contributed by atoms with Crippen molar-refractivity contribution in [2.24, 2.45) is 11.8 Å². The fraction of sp³-hybridized carbons (Fsp3) is 0.467. The first-order valence-electron chi connectivity index (χ1n) is 5.80. The minimum atomic E-state index is 0.657. The van der Waals surface area contributed by atoms with Gasteiger partial charge in [0, 0.05) is 0 Å². The maximum absolute atomic E-state index is 4.07. The van der Waals surface area contributed by atoms with Crippen LogP contribution in [0.4, 0.5) is 0 Å². The van der Waals surface area contributed by atoms with Gasteiger partial charge in [-0.05, 0) is 31.1 Å². The summed E-state index contributed by atoms with van der Waals surface area (Å²) in [5, 5.41) is 0. The number of hydrogen-bond donors (Lipinski definition) is 0. The molecule has 0 saturated heterocycles. The molecule has 0 heteroatoms. The summed E-state index contributed by atoms with van der Waals surface area (Å²) in [6.07, 6.45) is 12.1. The van der Waals surface area contributed by atoms with Gasteiger partial charge in [0.2, 0.25) is 0 Å². The summed E-state index contributed by atoms with van der Waals surface area (Å²) in [4.78, 5) is 0. The van der Waals surface area contributed by atoms with Gasteiger partial charge in [-0.1, -0.05) is 62.5 Å². The van der Waals surface area contributed by atoms with Crippen LogP contribution in [0.3, 0.4) is 0 Å². The lowest BCUT2D eigenvalue weighted by molar-refractivity contribution is 0.437. The lowest BCUT2D eigenvalue weighted by atomic mass is 9.88. The third-order valence-electron chi connectivity index (χ3n) is 2.97. The molecular weight excluding hydrogens is 180 g/mol. The normalized spacial score (nSPS) is 27.8. The van der Waals surface area contributed by atoms with E-state index in [-0.39, 0.29) is 0 Å². The van der Waals surface area contributed by atoms with E-state index in [9.17, 15) is 0 Å². The van der Waals surface area contributed by atoms with E-state index in [1.807, 2.05) is 0 Å². The molecule has 0 heterocycles. The molecule has 0 N–H and O–H groups in total. The molecule has 1 aliphatic carbocycles. The monoisotopic (exact) mass is 202 g/mol. The van der Waals surface area contributed by atoms with Crippen LogP contribution in [0.1, 0.15) is 33.1 Å². The Hall–Kier alpha value is -1.04. The van der Waals surface area contributed by atoms with E-state index < -0.39 is 0 Å². The van der Waals surface area contributed by atoms with E-state index in [0.29, 0.717) is 11.8 Å². The summed E-state index contributed by atoms with van der Waals surface area (Å²) < 4.78 is 0. The Morgan fingerprint density at radius 1 is 1.20 bits per heavy atom. The van der Waals surface area contributed by atoms with Crippen LogP contribution in [0.15, 0.2) is 48.6 Å². The van der Waals surface area contributed by atoms with Crippen molar-refractivity contribution in [1.82, 2.24) is 0 Å². The molecule has 0 radical (unpaired) electrons. The van der Waals surface area contributed by atoms with Gasteiger partial charge in [-0.15, -0.1) is 0 Å². The largest absolute Gasteiger partial charge is 0.0958 e. The van der Waals surface area contributed by atoms with Crippen molar-refractivity contribution in [1.29, 1.82) is 0 Å². The van der Waals surface area contributed by atoms with Gasteiger partial charge in [0.15, 0.2) is 0 Å². The second-order valence-electron chi connectivity index (χ2n) is 4.73. The summed E-state index contributed by atoms with van der Waals surface area (Å²) in [6.45, 7) is 12.7. The van der Waals surface area contributed by atoms with Gasteiger partial charge in [0.05, 0.1) is 0 Å². The van der Waals surface area contributed by atoms with Crippen molar-refractivity contribution in [3.63, 3.8) is 0 Å². The van der Waals surface area contributed by atoms with Gasteiger partial charge in [0.25, 0.3) is 0 Å². The summed E-state index contributed by atoms with van der Waals surface area (Å²) in [6, 6.07) is 0. The molecule has 0 aromatic heterocycles. The van der Waals surface area contributed by atoms with Crippen molar-refractivity contribution in [3.05, 3.63) is 48.6 Å². The van der Waals surface area contributed by atoms with E-state index in [1.54, 1.807) is 0 Å². The molecule has 0 bridgehead atoms. The first-order valence-corrected chi connectivity index (χ1v) is 5.80. The van der Waals surface area contributed by atoms with Crippen LogP contribution in [0, 0.1) is 11.8 Å². The van der Waals surface area contributed by atoms with Gasteiger partial charge < -0.3 is 0 Å². The molecule has 0 aliphatic heterocycles. The van der Waals surface area contributed by atoms with Crippen LogP contribution in [0.5, 0.6) is 0 Å². The SMILES string of the molecule is C=C1/C=C\CC(=C)/C=C/[C@H](C(C)C)CC1. The second kappa shape index (κ2) is 5.75. The van der Waals surface area contributed by atoms with E-state index >= 15 is 0 Å². The Morgan fingerprint density at radius 2 is 1.93 bits per heavy atom. The van der Waals surface area contributed by atoms with Gasteiger partial charge in [-0.3, -0.25) is 0 Å². The molecule has 1 aliphatic rings. The molecule has 0 unspecified atom stereocenters. The Bertz CT molecular complexity index is 289. The number of allylic oxidation sites excluding steroid dienone is 6. The molecule has 82 valence electrons. The van der Waals surface area contributed by atoms with Crippen molar-refractivity contribution in [2.75, 3.05) is 0 Å². The van der Waals surface area contributed by atoms with Crippen LogP contribution in [-0.4, -0.2) is 0 Å². The Morgan fingerprint density at radius 3 is 2.60 bits per heavy atom. The van der Waals surface area contributed by atoms with E-state index in [2.05, 4.69) is 51.3 Å². The smallest absolute Gasteiger partial charge is 0.0100 e. The fourth-order valence-electron chi connectivity index (χ4n) is 1.79. The third kappa shape index (κ3) is 4.33. The zero-order chi connectivity index (χ0) is 11.3. The molecule has 15 heavy (non-hydrogen) atoms. The van der Waals surface area contributed by atoms with Gasteiger partial charge in [-0.25, -0.2) is 0 Å². The standard InChI is InChI=1S/C15H22/c1-12(2)15-10-8-13(3)6-5-7-14(4)9-11-15/h5-6,9,11-12,15H,3-4,7-8,10H2,1-2H3/b6-5-,11-9+/t15-/m1/s1. The summed E-state index contributed by atoms with van der Waals surface area (Å²) in [5.41, 5.74) is 2.43. The number of rotatable bonds is 1. The highest BCUT2D eigenvalue weighted by molar-refractivity contribution is 5.23. The first kappa shape index (κ1) is 12.0. The maximum Gasteiger partial charge on any atom is -0.0100 e. The van der Waals surface area contributed by atoms with Crippen molar-refractivity contribution in [2.45, 2.75) is 33.1 Å². The average Bonchev–Trinajstić information content (AvgIpc) is 2.16. The predicted molar refractivity (Wildman–Crippen MR) is 68.7 cm³/mol. The lowest BCUT2D eigenvalue weighted by Gasteiger charge is -2.17. The van der Waals surface area contributed by atoms with Gasteiger partial charge >= 0.3 is 0 Å². The summed E-state index contributed by atoms with van der Waals surface area (Å²) in [5.74, 6) is 1.36. The summed E-state index contributed by atoms with van der Waals surface area (Å²) in [7, 11) is 0. The minimum absolute atomic E-state index is 0.657. The second-order valence-corrected chi connectivity index (χ2v) is 4.73. The Labute approximate surface area is 94.1 Å². The van der Waals surface area contributed by atoms with Gasteiger partial charge in [-0.2, -0.15) is 0 Å². The highest BCUT2D eigenvalue weighted by Crippen LogP contribution is 2.23. The van der Waals surface area contributed by atoms with Crippen LogP contribution >= 0.6 is 0 Å². The Balaban J connectivity index is 2.74. The van der Waals surface area contributed by atoms with Crippen molar-refractivity contribution < 1.29 is 0 Å². The first-order chi connectivity index (χ1) is 7.09. The third-order valence-corrected chi connectivity index (χ3v) is 2.97. The molecule has 1 atom stereocenters. The quantitative estimate of drug-likeness (QED) is 0.579. The molecule has 0 nitrogen and oxygen atoms in total. The van der Waals surface area contributed by atoms with Crippen LogP contribution < -0.4 is 0 Å². The highest BCUT2D eigenvalue weighted by Gasteiger charge is 2.10. The van der Waals surface area contributed by atoms with E-state index in [0.717, 1.165) is 12.8 Å². The van der Waals surface area contributed by atoms with Crippen LogP contribution in [-0.2, 0) is 0 Å². The molecule has 0 aromatic rings. The zero-order valence-electron chi connectivity index (χ0n) is 10.00. The Kier molecular flexibility index (Phi) is 4.61. The fourth-order valence-corrected chi connectivity index (χ4v) is 1.79. The zero-order valence-corrected chi connectivity index (χ0v) is 10.00. The maximum atomic E-state index is 4.07. The van der Waals surface area contributed by atoms with Crippen LogP contribution in [0.2, 0.25) is 0 Å². The predicted octanol–water partition coefficient (Wildman–Crippen LogP) is 4.67. The average molecular weight is 202 g/mol. The van der Waals surface area contributed by atoms with Crippen molar-refractivity contribution in [3.8, 4) is 0 Å². The molecule has 0 aromatic carbocycles. The van der Waals surface area contributed by atoms with Gasteiger partial charge in [0.1, 0.15) is 0 Å². The van der Waals surface area contributed by atoms with Crippen molar-refractivity contribution >= 4 is 0 Å². The lowest BCUT2D eigenvalue weighted by Crippen LogP contribution is -2.06. The molecule has 0 spiro atoms.